The number of rotatable bonds is 11. The highest BCUT2D eigenvalue weighted by Crippen LogP contribution is 2.38. The van der Waals surface area contributed by atoms with Crippen LogP contribution in [0.4, 0.5) is 5.82 Å². The van der Waals surface area contributed by atoms with Gasteiger partial charge in [0.25, 0.3) is 0 Å². The lowest BCUT2D eigenvalue weighted by Gasteiger charge is -2.29. The minimum absolute atomic E-state index is 0.0919. The molecule has 1 aliphatic carbocycles. The number of nitrogens with zero attached hydrogens (tertiary/aromatic N) is 4. The van der Waals surface area contributed by atoms with Crippen molar-refractivity contribution < 1.29 is 34.0 Å². The van der Waals surface area contributed by atoms with Crippen molar-refractivity contribution in [3.63, 3.8) is 0 Å². The van der Waals surface area contributed by atoms with Crippen molar-refractivity contribution in [3.8, 4) is 0 Å². The van der Waals surface area contributed by atoms with Crippen LogP contribution in [0, 0.1) is 11.8 Å². The number of nitrogens with two attached hydrogens (primary N) is 2. The molecule has 1 saturated carbocycles. The maximum atomic E-state index is 13.0. The molecule has 14 nitrogen and oxygen atoms in total. The van der Waals surface area contributed by atoms with Crippen LogP contribution < -0.4 is 16.8 Å². The number of aliphatic hydroxyl groups is 2. The van der Waals surface area contributed by atoms with E-state index in [-0.39, 0.29) is 29.4 Å². The van der Waals surface area contributed by atoms with Crippen LogP contribution in [-0.2, 0) is 23.8 Å². The van der Waals surface area contributed by atoms with Crippen molar-refractivity contribution in [1.29, 1.82) is 0 Å². The monoisotopic (exact) mass is 597 g/mol. The highest BCUT2D eigenvalue weighted by molar-refractivity contribution is 6.28. The summed E-state index contributed by atoms with van der Waals surface area (Å²) in [6, 6.07) is -1.92. The molecule has 2 fully saturated rings. The van der Waals surface area contributed by atoms with Gasteiger partial charge < -0.3 is 41.2 Å². The van der Waals surface area contributed by atoms with Crippen molar-refractivity contribution in [2.24, 2.45) is 23.3 Å². The van der Waals surface area contributed by atoms with E-state index in [1.54, 1.807) is 27.7 Å². The third-order valence-corrected chi connectivity index (χ3v) is 8.03. The summed E-state index contributed by atoms with van der Waals surface area (Å²) in [5, 5.41) is 23.5. The second-order valence-corrected chi connectivity index (χ2v) is 11.9. The van der Waals surface area contributed by atoms with E-state index in [1.165, 1.54) is 10.9 Å². The zero-order chi connectivity index (χ0) is 30.1. The van der Waals surface area contributed by atoms with Crippen LogP contribution >= 0.6 is 11.6 Å². The molecule has 0 unspecified atom stereocenters. The number of hydrogen-bond acceptors (Lipinski definition) is 13. The summed E-state index contributed by atoms with van der Waals surface area (Å²) in [5.74, 6) is -1.62. The predicted octanol–water partition coefficient (Wildman–Crippen LogP) is 0.877. The average Bonchev–Trinajstić information content (AvgIpc) is 3.65. The average molecular weight is 598 g/mol. The van der Waals surface area contributed by atoms with Crippen LogP contribution in [0.15, 0.2) is 6.33 Å². The summed E-state index contributed by atoms with van der Waals surface area (Å²) in [4.78, 5) is 39.0. The molecule has 4 rings (SSSR count). The van der Waals surface area contributed by atoms with Gasteiger partial charge in [-0.2, -0.15) is 9.97 Å². The quantitative estimate of drug-likeness (QED) is 0.180. The van der Waals surface area contributed by atoms with Gasteiger partial charge in [-0.3, -0.25) is 14.2 Å². The van der Waals surface area contributed by atoms with Crippen molar-refractivity contribution in [1.82, 2.24) is 19.5 Å². The number of halogens is 1. The van der Waals surface area contributed by atoms with Gasteiger partial charge in [0.05, 0.1) is 25.1 Å². The lowest BCUT2D eigenvalue weighted by atomic mass is 9.99. The largest absolute Gasteiger partial charge is 0.454 e. The molecule has 15 heteroatoms. The Labute approximate surface area is 243 Å². The highest BCUT2D eigenvalue weighted by Gasteiger charge is 2.52. The van der Waals surface area contributed by atoms with Gasteiger partial charge in [0.1, 0.15) is 18.2 Å². The van der Waals surface area contributed by atoms with E-state index >= 15 is 0 Å². The lowest BCUT2D eigenvalue weighted by molar-refractivity contribution is -0.171. The fraction of sp³-hybridized carbons (Fsp3) is 0.731. The molecule has 0 amide bonds. The van der Waals surface area contributed by atoms with Crippen molar-refractivity contribution in [3.05, 3.63) is 11.6 Å². The number of anilines is 1. The second-order valence-electron chi connectivity index (χ2n) is 11.5. The van der Waals surface area contributed by atoms with Crippen molar-refractivity contribution in [2.45, 2.75) is 95.5 Å². The van der Waals surface area contributed by atoms with Crippen molar-refractivity contribution in [2.75, 3.05) is 18.5 Å². The fourth-order valence-electron chi connectivity index (χ4n) is 5.11. The van der Waals surface area contributed by atoms with Crippen LogP contribution in [0.25, 0.3) is 11.2 Å². The highest BCUT2D eigenvalue weighted by atomic mass is 35.5. The smallest absolute Gasteiger partial charge is 0.323 e. The number of esters is 2. The molecule has 2 aliphatic rings. The van der Waals surface area contributed by atoms with Crippen LogP contribution in [0.2, 0.25) is 5.28 Å². The number of nitrogens with one attached hydrogen (secondary N) is 1. The number of imidazole rings is 1. The molecule has 0 radical (unpaired) electrons. The Balaban J connectivity index is 1.74. The molecule has 0 bridgehead atoms. The molecule has 2 aromatic heterocycles. The van der Waals surface area contributed by atoms with Crippen LogP contribution in [-0.4, -0.2) is 90.8 Å². The van der Waals surface area contributed by atoms with Crippen LogP contribution in [0.1, 0.15) is 59.6 Å². The predicted molar refractivity (Wildman–Crippen MR) is 149 cm³/mol. The molecule has 1 aliphatic heterocycles. The Morgan fingerprint density at radius 3 is 2.22 bits per heavy atom. The molecular formula is C26H40ClN7O7. The van der Waals surface area contributed by atoms with Gasteiger partial charge in [-0.25, -0.2) is 4.98 Å². The molecule has 2 aromatic rings. The van der Waals surface area contributed by atoms with Gasteiger partial charge in [-0.15, -0.1) is 0 Å². The third-order valence-electron chi connectivity index (χ3n) is 7.87. The fourth-order valence-corrected chi connectivity index (χ4v) is 5.27. The van der Waals surface area contributed by atoms with Gasteiger partial charge in [0.15, 0.2) is 35.4 Å². The van der Waals surface area contributed by atoms with Gasteiger partial charge in [0, 0.05) is 0 Å². The van der Waals surface area contributed by atoms with E-state index in [1.807, 2.05) is 0 Å². The molecule has 7 N–H and O–H groups in total. The Morgan fingerprint density at radius 2 is 1.68 bits per heavy atom. The Hall–Kier alpha value is -2.62. The molecule has 3 heterocycles. The van der Waals surface area contributed by atoms with Crippen LogP contribution in [0.3, 0.4) is 0 Å². The van der Waals surface area contributed by atoms with E-state index in [2.05, 4.69) is 20.3 Å². The molecule has 0 spiro atoms. The minimum Gasteiger partial charge on any atom is -0.454 e. The number of carbonyl (C=O) groups is 2. The van der Waals surface area contributed by atoms with Gasteiger partial charge >= 0.3 is 11.9 Å². The maximum absolute atomic E-state index is 13.0. The standard InChI is InChI=1S/C26H40ClN7O7/c1-12(2)15(28)23(37)40-18-14(9-35)39-22(19(18)41-24(38)16(29)13(3)4)34-11-30-17-20(31-25(27)32-21(17)34)33-26(10-36)7-5-6-8-26/h11-16,18-19,22,35-36H,5-10,28-29H2,1-4H3,(H,31,32,33)/t14-,15+,16+,18-,19-,22-/m1/s1. The summed E-state index contributed by atoms with van der Waals surface area (Å²) in [6.45, 7) is 6.42. The number of ether oxygens (including phenoxy) is 3. The number of aliphatic hydroxyl groups excluding tert-OH is 2. The zero-order valence-corrected chi connectivity index (χ0v) is 24.5. The SMILES string of the molecule is CC(C)[C@H](N)C(=O)O[C@@H]1[C@H](OC(=O)[C@@H](N)C(C)C)[C@@H](CO)O[C@H]1n1cnc2c(NC3(CO)CCCC3)nc(Cl)nc21. The number of fused-ring (bicyclic) bond motifs is 1. The first-order valence-corrected chi connectivity index (χ1v) is 14.3. The normalized spacial score (nSPS) is 25.5. The summed E-state index contributed by atoms with van der Waals surface area (Å²) in [6.07, 6.45) is 0.151. The van der Waals surface area contributed by atoms with E-state index in [9.17, 15) is 19.8 Å². The summed E-state index contributed by atoms with van der Waals surface area (Å²) >= 11 is 6.32. The van der Waals surface area contributed by atoms with Gasteiger partial charge in [-0.1, -0.05) is 40.5 Å². The number of aromatic nitrogens is 4. The first-order valence-electron chi connectivity index (χ1n) is 13.9. The lowest BCUT2D eigenvalue weighted by Crippen LogP contribution is -2.47. The Kier molecular flexibility index (Phi) is 9.71. The zero-order valence-electron chi connectivity index (χ0n) is 23.7. The summed E-state index contributed by atoms with van der Waals surface area (Å²) < 4.78 is 19.1. The van der Waals surface area contributed by atoms with E-state index in [4.69, 9.17) is 37.3 Å². The number of carbonyl (C=O) groups excluding carboxylic acids is 2. The number of hydrogen-bond donors (Lipinski definition) is 5. The summed E-state index contributed by atoms with van der Waals surface area (Å²) in [5.41, 5.74) is 12.1. The molecule has 41 heavy (non-hydrogen) atoms. The third kappa shape index (κ3) is 6.42. The first-order chi connectivity index (χ1) is 19.4. The molecule has 1 saturated heterocycles. The minimum atomic E-state index is -1.24. The second kappa shape index (κ2) is 12.7. The van der Waals surface area contributed by atoms with Gasteiger partial charge in [0.2, 0.25) is 5.28 Å². The maximum Gasteiger partial charge on any atom is 0.323 e. The summed E-state index contributed by atoms with van der Waals surface area (Å²) in [7, 11) is 0. The topological polar surface area (TPSA) is 210 Å². The van der Waals surface area contributed by atoms with Crippen LogP contribution in [0.5, 0.6) is 0 Å². The molecular weight excluding hydrogens is 558 g/mol. The van der Waals surface area contributed by atoms with E-state index in [0.717, 1.165) is 25.7 Å². The Morgan fingerprint density at radius 1 is 1.10 bits per heavy atom. The van der Waals surface area contributed by atoms with Gasteiger partial charge in [-0.05, 0) is 36.3 Å². The van der Waals surface area contributed by atoms with Crippen molar-refractivity contribution >= 4 is 40.5 Å². The first kappa shape index (κ1) is 31.3. The molecule has 6 atom stereocenters. The Bertz CT molecular complexity index is 1240. The molecule has 228 valence electrons. The molecule has 0 aromatic carbocycles. The van der Waals surface area contributed by atoms with E-state index in [0.29, 0.717) is 11.3 Å². The van der Waals surface area contributed by atoms with E-state index < -0.39 is 60.7 Å².